The van der Waals surface area contributed by atoms with E-state index in [2.05, 4.69) is 18.6 Å². The normalized spacial score (nSPS) is 14.6. The third kappa shape index (κ3) is 4.66. The Morgan fingerprint density at radius 3 is 2.63 bits per heavy atom. The lowest BCUT2D eigenvalue weighted by molar-refractivity contribution is 0.445. The highest BCUT2D eigenvalue weighted by atomic mass is 32.2. The number of nitrogens with one attached hydrogen (secondary N) is 1. The molecule has 1 aromatic carbocycles. The molecule has 104 valence electrons. The van der Waals surface area contributed by atoms with Crippen LogP contribution >= 0.6 is 0 Å². The van der Waals surface area contributed by atoms with Gasteiger partial charge >= 0.3 is 0 Å². The number of hydrogen-bond donors (Lipinski definition) is 1. The second-order valence-electron chi connectivity index (χ2n) is 4.91. The zero-order valence-electron chi connectivity index (χ0n) is 11.6. The molecule has 1 rings (SSSR count). The fraction of sp³-hybridized carbons (Fsp3) is 0.500. The van der Waals surface area contributed by atoms with E-state index in [1.54, 1.807) is 12.1 Å². The van der Waals surface area contributed by atoms with E-state index in [1.807, 2.05) is 13.0 Å². The molecule has 0 amide bonds. The van der Waals surface area contributed by atoms with Crippen LogP contribution in [0.5, 0.6) is 0 Å². The molecule has 2 unspecified atom stereocenters. The van der Waals surface area contributed by atoms with E-state index >= 15 is 0 Å². The lowest BCUT2D eigenvalue weighted by atomic mass is 10.0. The van der Waals surface area contributed by atoms with E-state index in [0.717, 1.165) is 12.8 Å². The van der Waals surface area contributed by atoms with E-state index in [4.69, 9.17) is 5.26 Å². The lowest BCUT2D eigenvalue weighted by Gasteiger charge is -2.17. The predicted octanol–water partition coefficient (Wildman–Crippen LogP) is 2.66. The molecule has 2 atom stereocenters. The summed E-state index contributed by atoms with van der Waals surface area (Å²) in [7, 11) is -3.55. The molecule has 0 saturated heterocycles. The van der Waals surface area contributed by atoms with Crippen LogP contribution in [0.15, 0.2) is 29.2 Å². The first-order valence-electron chi connectivity index (χ1n) is 6.41. The average molecular weight is 280 g/mol. The van der Waals surface area contributed by atoms with E-state index in [9.17, 15) is 8.42 Å². The molecule has 0 heterocycles. The fourth-order valence-electron chi connectivity index (χ4n) is 1.88. The molecular weight excluding hydrogens is 260 g/mol. The molecule has 0 aromatic heterocycles. The molecule has 1 aromatic rings. The van der Waals surface area contributed by atoms with Crippen molar-refractivity contribution in [1.82, 2.24) is 4.72 Å². The van der Waals surface area contributed by atoms with E-state index in [1.165, 1.54) is 12.1 Å². The van der Waals surface area contributed by atoms with Crippen LogP contribution in [0.25, 0.3) is 0 Å². The van der Waals surface area contributed by atoms with Crippen molar-refractivity contribution in [2.45, 2.75) is 44.6 Å². The van der Waals surface area contributed by atoms with Gasteiger partial charge in [-0.2, -0.15) is 5.26 Å². The van der Waals surface area contributed by atoms with Crippen molar-refractivity contribution in [2.24, 2.45) is 5.92 Å². The van der Waals surface area contributed by atoms with E-state index < -0.39 is 10.0 Å². The molecule has 0 saturated carbocycles. The summed E-state index contributed by atoms with van der Waals surface area (Å²) in [5, 5.41) is 8.80. The Labute approximate surface area is 115 Å². The van der Waals surface area contributed by atoms with E-state index in [-0.39, 0.29) is 10.9 Å². The standard InChI is InChI=1S/C14H20N2O2S/c1-4-11(2)8-12(3)16-19(17,18)14-7-5-6-13(9-14)10-15/h5-7,9,11-12,16H,4,8H2,1-3H3. The first kappa shape index (κ1) is 15.7. The van der Waals surface area contributed by atoms with Crippen molar-refractivity contribution in [2.75, 3.05) is 0 Å². The fourth-order valence-corrected chi connectivity index (χ4v) is 3.19. The third-order valence-corrected chi connectivity index (χ3v) is 4.67. The molecule has 0 aliphatic heterocycles. The lowest BCUT2D eigenvalue weighted by Crippen LogP contribution is -2.33. The quantitative estimate of drug-likeness (QED) is 0.871. The van der Waals surface area contributed by atoms with Gasteiger partial charge in [0.2, 0.25) is 10.0 Å². The van der Waals surface area contributed by atoms with Crippen LogP contribution in [-0.2, 0) is 10.0 Å². The Morgan fingerprint density at radius 1 is 1.37 bits per heavy atom. The smallest absolute Gasteiger partial charge is 0.208 e. The van der Waals surface area contributed by atoms with Crippen molar-refractivity contribution >= 4 is 10.0 Å². The number of hydrogen-bond acceptors (Lipinski definition) is 3. The molecule has 0 fully saturated rings. The number of benzene rings is 1. The topological polar surface area (TPSA) is 70.0 Å². The van der Waals surface area contributed by atoms with Crippen LogP contribution in [0, 0.1) is 17.2 Å². The summed E-state index contributed by atoms with van der Waals surface area (Å²) in [6.45, 7) is 6.04. The molecular formula is C14H20N2O2S. The number of sulfonamides is 1. The van der Waals surface area contributed by atoms with Gasteiger partial charge in [0, 0.05) is 6.04 Å². The zero-order chi connectivity index (χ0) is 14.5. The monoisotopic (exact) mass is 280 g/mol. The van der Waals surface area contributed by atoms with Crippen LogP contribution in [0.1, 0.15) is 39.2 Å². The average Bonchev–Trinajstić information content (AvgIpc) is 2.37. The van der Waals surface area contributed by atoms with Gasteiger partial charge in [0.05, 0.1) is 16.5 Å². The number of nitrogens with zero attached hydrogens (tertiary/aromatic N) is 1. The van der Waals surface area contributed by atoms with Gasteiger partial charge < -0.3 is 0 Å². The van der Waals surface area contributed by atoms with Gasteiger partial charge in [-0.05, 0) is 37.5 Å². The second-order valence-corrected chi connectivity index (χ2v) is 6.63. The maximum absolute atomic E-state index is 12.2. The van der Waals surface area contributed by atoms with Crippen LogP contribution in [0.2, 0.25) is 0 Å². The second kappa shape index (κ2) is 6.69. The predicted molar refractivity (Wildman–Crippen MR) is 75.0 cm³/mol. The van der Waals surface area contributed by atoms with Gasteiger partial charge in [0.25, 0.3) is 0 Å². The first-order valence-corrected chi connectivity index (χ1v) is 7.89. The number of nitriles is 1. The minimum absolute atomic E-state index is 0.120. The van der Waals surface area contributed by atoms with Gasteiger partial charge in [-0.25, -0.2) is 13.1 Å². The van der Waals surface area contributed by atoms with Crippen molar-refractivity contribution in [3.8, 4) is 6.07 Å². The van der Waals surface area contributed by atoms with Crippen LogP contribution in [0.3, 0.4) is 0 Å². The molecule has 0 aliphatic carbocycles. The summed E-state index contributed by atoms with van der Waals surface area (Å²) in [5.41, 5.74) is 0.345. The van der Waals surface area contributed by atoms with E-state index in [0.29, 0.717) is 11.5 Å². The van der Waals surface area contributed by atoms with Gasteiger partial charge in [0.1, 0.15) is 0 Å². The summed E-state index contributed by atoms with van der Waals surface area (Å²) < 4.78 is 27.0. The zero-order valence-corrected chi connectivity index (χ0v) is 12.4. The molecule has 0 radical (unpaired) electrons. The minimum Gasteiger partial charge on any atom is -0.208 e. The van der Waals surface area contributed by atoms with Crippen LogP contribution in [0.4, 0.5) is 0 Å². The van der Waals surface area contributed by atoms with Gasteiger partial charge in [-0.15, -0.1) is 0 Å². The molecule has 19 heavy (non-hydrogen) atoms. The maximum atomic E-state index is 12.2. The van der Waals surface area contributed by atoms with Gasteiger partial charge in [-0.1, -0.05) is 26.3 Å². The SMILES string of the molecule is CCC(C)CC(C)NS(=O)(=O)c1cccc(C#N)c1. The maximum Gasteiger partial charge on any atom is 0.240 e. The molecule has 0 spiro atoms. The molecule has 5 heteroatoms. The first-order chi connectivity index (χ1) is 8.89. The van der Waals surface area contributed by atoms with Crippen LogP contribution < -0.4 is 4.72 Å². The Bertz CT molecular complexity index is 561. The highest BCUT2D eigenvalue weighted by Gasteiger charge is 2.18. The van der Waals surface area contributed by atoms with Gasteiger partial charge in [0.15, 0.2) is 0 Å². The largest absolute Gasteiger partial charge is 0.240 e. The molecule has 4 nitrogen and oxygen atoms in total. The molecule has 1 N–H and O–H groups in total. The highest BCUT2D eigenvalue weighted by molar-refractivity contribution is 7.89. The highest BCUT2D eigenvalue weighted by Crippen LogP contribution is 2.14. The Kier molecular flexibility index (Phi) is 5.52. The Balaban J connectivity index is 2.84. The van der Waals surface area contributed by atoms with Crippen molar-refractivity contribution in [3.63, 3.8) is 0 Å². The van der Waals surface area contributed by atoms with Gasteiger partial charge in [-0.3, -0.25) is 0 Å². The summed E-state index contributed by atoms with van der Waals surface area (Å²) in [6.07, 6.45) is 1.82. The van der Waals surface area contributed by atoms with Crippen molar-refractivity contribution in [1.29, 1.82) is 5.26 Å². The number of rotatable bonds is 6. The Morgan fingerprint density at radius 2 is 2.05 bits per heavy atom. The molecule has 0 aliphatic rings. The van der Waals surface area contributed by atoms with Crippen LogP contribution in [-0.4, -0.2) is 14.5 Å². The summed E-state index contributed by atoms with van der Waals surface area (Å²) in [4.78, 5) is 0.141. The molecule has 0 bridgehead atoms. The summed E-state index contributed by atoms with van der Waals surface area (Å²) >= 11 is 0. The summed E-state index contributed by atoms with van der Waals surface area (Å²) in [5.74, 6) is 0.475. The minimum atomic E-state index is -3.55. The summed E-state index contributed by atoms with van der Waals surface area (Å²) in [6, 6.07) is 7.87. The van der Waals surface area contributed by atoms with Crippen molar-refractivity contribution < 1.29 is 8.42 Å². The third-order valence-electron chi connectivity index (χ3n) is 3.08. The Hall–Kier alpha value is -1.38. The van der Waals surface area contributed by atoms with Crippen molar-refractivity contribution in [3.05, 3.63) is 29.8 Å².